The summed E-state index contributed by atoms with van der Waals surface area (Å²) in [7, 11) is 0. The van der Waals surface area contributed by atoms with Crippen molar-refractivity contribution in [2.24, 2.45) is 5.92 Å². The van der Waals surface area contributed by atoms with Crippen molar-refractivity contribution < 1.29 is 0 Å². The van der Waals surface area contributed by atoms with Gasteiger partial charge in [0.1, 0.15) is 0 Å². The number of hydrogen-bond acceptors (Lipinski definition) is 2. The third-order valence-corrected chi connectivity index (χ3v) is 4.81. The predicted molar refractivity (Wildman–Crippen MR) is 74.3 cm³/mol. The van der Waals surface area contributed by atoms with Crippen LogP contribution in [0.3, 0.4) is 0 Å². The van der Waals surface area contributed by atoms with Crippen LogP contribution >= 0.6 is 0 Å². The fraction of sp³-hybridized carbons (Fsp3) is 1.00. The minimum atomic E-state index is 0.876. The molecule has 17 heavy (non-hydrogen) atoms. The van der Waals surface area contributed by atoms with Gasteiger partial charge in [-0.05, 0) is 44.8 Å². The van der Waals surface area contributed by atoms with Crippen LogP contribution in [0.15, 0.2) is 0 Å². The molecule has 0 N–H and O–H groups in total. The Balaban J connectivity index is 1.86. The minimum absolute atomic E-state index is 0.876. The highest BCUT2D eigenvalue weighted by atomic mass is 15.2. The number of nitrogens with zero attached hydrogens (tertiary/aromatic N) is 2. The molecule has 0 amide bonds. The first-order valence-electron chi connectivity index (χ1n) is 7.79. The third kappa shape index (κ3) is 3.69. The van der Waals surface area contributed by atoms with Crippen molar-refractivity contribution in [3.05, 3.63) is 0 Å². The van der Waals surface area contributed by atoms with Crippen LogP contribution in [0.5, 0.6) is 0 Å². The number of hydrogen-bond donors (Lipinski definition) is 0. The molecule has 2 heterocycles. The van der Waals surface area contributed by atoms with E-state index in [0.29, 0.717) is 0 Å². The summed E-state index contributed by atoms with van der Waals surface area (Å²) in [5.41, 5.74) is 0. The summed E-state index contributed by atoms with van der Waals surface area (Å²) in [5, 5.41) is 0. The number of piperidine rings is 1. The van der Waals surface area contributed by atoms with Crippen molar-refractivity contribution in [1.29, 1.82) is 0 Å². The monoisotopic (exact) mass is 238 g/mol. The van der Waals surface area contributed by atoms with Crippen LogP contribution in [-0.4, -0.2) is 48.6 Å². The maximum Gasteiger partial charge on any atom is 0.0223 e. The lowest BCUT2D eigenvalue weighted by molar-refractivity contribution is 0.129. The zero-order valence-corrected chi connectivity index (χ0v) is 11.8. The van der Waals surface area contributed by atoms with Crippen molar-refractivity contribution in [3.63, 3.8) is 0 Å². The molecule has 0 aliphatic carbocycles. The lowest BCUT2D eigenvalue weighted by Gasteiger charge is -2.36. The highest BCUT2D eigenvalue weighted by molar-refractivity contribution is 4.83. The van der Waals surface area contributed by atoms with E-state index in [1.165, 1.54) is 71.2 Å². The average molecular weight is 238 g/mol. The zero-order valence-electron chi connectivity index (χ0n) is 11.8. The molecule has 1 unspecified atom stereocenters. The first-order valence-corrected chi connectivity index (χ1v) is 7.79. The van der Waals surface area contributed by atoms with Gasteiger partial charge >= 0.3 is 0 Å². The molecule has 0 aromatic rings. The van der Waals surface area contributed by atoms with Crippen LogP contribution in [0.4, 0.5) is 0 Å². The maximum absolute atomic E-state index is 2.76. The lowest BCUT2D eigenvalue weighted by atomic mass is 10.0. The molecule has 0 saturated carbocycles. The molecule has 100 valence electrons. The molecule has 0 aromatic heterocycles. The standard InChI is InChI=1S/C15H30N2/c1-3-14(4-2)12-16-9-7-11-17-10-6-5-8-15(17)13-16/h14-15H,3-13H2,1-2H3. The SMILES string of the molecule is CCC(CC)CN1CCCN2CCCCC2C1. The molecule has 2 rings (SSSR count). The summed E-state index contributed by atoms with van der Waals surface area (Å²) in [5.74, 6) is 0.921. The van der Waals surface area contributed by atoms with E-state index in [1.807, 2.05) is 0 Å². The number of fused-ring (bicyclic) bond motifs is 1. The van der Waals surface area contributed by atoms with E-state index in [9.17, 15) is 0 Å². The van der Waals surface area contributed by atoms with Crippen molar-refractivity contribution >= 4 is 0 Å². The molecule has 2 nitrogen and oxygen atoms in total. The molecule has 2 aliphatic rings. The maximum atomic E-state index is 2.76. The molecular formula is C15H30N2. The lowest BCUT2D eigenvalue weighted by Crippen LogP contribution is -2.44. The molecule has 2 fully saturated rings. The molecule has 0 aromatic carbocycles. The normalized spacial score (nSPS) is 28.1. The van der Waals surface area contributed by atoms with E-state index in [4.69, 9.17) is 0 Å². The van der Waals surface area contributed by atoms with Crippen LogP contribution in [0.2, 0.25) is 0 Å². The fourth-order valence-electron chi connectivity index (χ4n) is 3.53. The van der Waals surface area contributed by atoms with Gasteiger partial charge in [0.2, 0.25) is 0 Å². The molecule has 0 spiro atoms. The second kappa shape index (κ2) is 6.75. The van der Waals surface area contributed by atoms with E-state index in [0.717, 1.165) is 12.0 Å². The van der Waals surface area contributed by atoms with E-state index >= 15 is 0 Å². The van der Waals surface area contributed by atoms with Crippen LogP contribution in [0.25, 0.3) is 0 Å². The van der Waals surface area contributed by atoms with Crippen molar-refractivity contribution in [2.75, 3.05) is 32.7 Å². The van der Waals surface area contributed by atoms with Gasteiger partial charge in [-0.2, -0.15) is 0 Å². The van der Waals surface area contributed by atoms with E-state index in [2.05, 4.69) is 23.6 Å². The summed E-state index contributed by atoms with van der Waals surface area (Å²) in [6.07, 6.45) is 8.42. The van der Waals surface area contributed by atoms with Gasteiger partial charge < -0.3 is 4.90 Å². The Labute approximate surface area is 107 Å². The Morgan fingerprint density at radius 1 is 1.00 bits per heavy atom. The largest absolute Gasteiger partial charge is 0.301 e. The van der Waals surface area contributed by atoms with Crippen LogP contribution < -0.4 is 0 Å². The first-order chi connectivity index (χ1) is 8.33. The van der Waals surface area contributed by atoms with Crippen molar-refractivity contribution in [1.82, 2.24) is 9.80 Å². The predicted octanol–water partition coefficient (Wildman–Crippen LogP) is 2.98. The molecule has 2 saturated heterocycles. The Kier molecular flexibility index (Phi) is 5.30. The van der Waals surface area contributed by atoms with Gasteiger partial charge in [0.25, 0.3) is 0 Å². The van der Waals surface area contributed by atoms with Gasteiger partial charge in [-0.3, -0.25) is 4.90 Å². The Morgan fingerprint density at radius 3 is 2.53 bits per heavy atom. The second-order valence-electron chi connectivity index (χ2n) is 5.98. The van der Waals surface area contributed by atoms with Gasteiger partial charge in [0.15, 0.2) is 0 Å². The van der Waals surface area contributed by atoms with Crippen LogP contribution in [0, 0.1) is 5.92 Å². The highest BCUT2D eigenvalue weighted by Crippen LogP contribution is 2.22. The minimum Gasteiger partial charge on any atom is -0.301 e. The number of rotatable bonds is 4. The molecule has 0 radical (unpaired) electrons. The summed E-state index contributed by atoms with van der Waals surface area (Å²) in [6, 6.07) is 0.876. The fourth-order valence-corrected chi connectivity index (χ4v) is 3.53. The van der Waals surface area contributed by atoms with Crippen LogP contribution in [0.1, 0.15) is 52.4 Å². The summed E-state index contributed by atoms with van der Waals surface area (Å²) >= 11 is 0. The topological polar surface area (TPSA) is 6.48 Å². The quantitative estimate of drug-likeness (QED) is 0.743. The Morgan fingerprint density at radius 2 is 1.76 bits per heavy atom. The van der Waals surface area contributed by atoms with E-state index in [1.54, 1.807) is 0 Å². The molecule has 2 heteroatoms. The summed E-state index contributed by atoms with van der Waals surface area (Å²) < 4.78 is 0. The van der Waals surface area contributed by atoms with Gasteiger partial charge in [-0.25, -0.2) is 0 Å². The Hall–Kier alpha value is -0.0800. The van der Waals surface area contributed by atoms with E-state index in [-0.39, 0.29) is 0 Å². The van der Waals surface area contributed by atoms with Crippen molar-refractivity contribution in [2.45, 2.75) is 58.4 Å². The van der Waals surface area contributed by atoms with Gasteiger partial charge in [0.05, 0.1) is 0 Å². The van der Waals surface area contributed by atoms with Crippen LogP contribution in [-0.2, 0) is 0 Å². The van der Waals surface area contributed by atoms with Crippen molar-refractivity contribution in [3.8, 4) is 0 Å². The molecule has 2 aliphatic heterocycles. The average Bonchev–Trinajstić information content (AvgIpc) is 2.57. The van der Waals surface area contributed by atoms with Gasteiger partial charge in [0, 0.05) is 19.1 Å². The van der Waals surface area contributed by atoms with E-state index < -0.39 is 0 Å². The molecular weight excluding hydrogens is 208 g/mol. The van der Waals surface area contributed by atoms with Gasteiger partial charge in [-0.15, -0.1) is 0 Å². The molecule has 1 atom stereocenters. The molecule has 0 bridgehead atoms. The highest BCUT2D eigenvalue weighted by Gasteiger charge is 2.27. The third-order valence-electron chi connectivity index (χ3n) is 4.81. The van der Waals surface area contributed by atoms with Gasteiger partial charge in [-0.1, -0.05) is 33.1 Å². The summed E-state index contributed by atoms with van der Waals surface area (Å²) in [6.45, 7) is 11.4. The second-order valence-corrected chi connectivity index (χ2v) is 5.98. The zero-order chi connectivity index (χ0) is 12.1. The summed E-state index contributed by atoms with van der Waals surface area (Å²) in [4.78, 5) is 5.52. The Bertz CT molecular complexity index is 213. The first kappa shape index (κ1) is 13.4. The smallest absolute Gasteiger partial charge is 0.0223 e.